The van der Waals surface area contributed by atoms with Crippen LogP contribution in [0.2, 0.25) is 0 Å². The van der Waals surface area contributed by atoms with E-state index in [4.69, 9.17) is 5.14 Å². The topological polar surface area (TPSA) is 97.5 Å². The van der Waals surface area contributed by atoms with Crippen molar-refractivity contribution in [1.29, 1.82) is 0 Å². The maximum Gasteiger partial charge on any atom is 0.243 e. The SMILES string of the molecule is C[C@H]1CCCCN1S(=O)(=O)c1ccc(S(N)(=O)=O)cc1. The first-order valence-corrected chi connectivity index (χ1v) is 9.36. The number of nitrogens with two attached hydrogens (primary N) is 1. The van der Waals surface area contributed by atoms with Gasteiger partial charge in [0.1, 0.15) is 0 Å². The first-order valence-electron chi connectivity index (χ1n) is 6.37. The van der Waals surface area contributed by atoms with Gasteiger partial charge in [-0.3, -0.25) is 0 Å². The molecule has 1 aromatic rings. The predicted octanol–water partition coefficient (Wildman–Crippen LogP) is 0.897. The third-order valence-corrected chi connectivity index (χ3v) is 6.46. The van der Waals surface area contributed by atoms with Gasteiger partial charge in [0.05, 0.1) is 9.79 Å². The molecule has 1 fully saturated rings. The Morgan fingerprint density at radius 2 is 1.60 bits per heavy atom. The van der Waals surface area contributed by atoms with Gasteiger partial charge in [0.2, 0.25) is 20.0 Å². The quantitative estimate of drug-likeness (QED) is 0.895. The van der Waals surface area contributed by atoms with Crippen molar-refractivity contribution in [3.05, 3.63) is 24.3 Å². The van der Waals surface area contributed by atoms with E-state index < -0.39 is 20.0 Å². The Labute approximate surface area is 119 Å². The monoisotopic (exact) mass is 318 g/mol. The first kappa shape index (κ1) is 15.4. The fourth-order valence-corrected chi connectivity index (χ4v) is 4.58. The van der Waals surface area contributed by atoms with Crippen LogP contribution in [0, 0.1) is 0 Å². The number of primary sulfonamides is 1. The predicted molar refractivity (Wildman–Crippen MR) is 75.0 cm³/mol. The molecular formula is C12H18N2O4S2. The molecule has 0 spiro atoms. The largest absolute Gasteiger partial charge is 0.243 e. The summed E-state index contributed by atoms with van der Waals surface area (Å²) in [4.78, 5) is 0.00166. The minimum absolute atomic E-state index is 0.0355. The van der Waals surface area contributed by atoms with Crippen LogP contribution in [0.4, 0.5) is 0 Å². The van der Waals surface area contributed by atoms with Crippen LogP contribution in [-0.2, 0) is 20.0 Å². The summed E-state index contributed by atoms with van der Waals surface area (Å²) >= 11 is 0. The van der Waals surface area contributed by atoms with Crippen molar-refractivity contribution >= 4 is 20.0 Å². The molecule has 2 N–H and O–H groups in total. The second-order valence-corrected chi connectivity index (χ2v) is 8.43. The van der Waals surface area contributed by atoms with Crippen LogP contribution in [0.15, 0.2) is 34.1 Å². The zero-order valence-corrected chi connectivity index (χ0v) is 12.8. The highest BCUT2D eigenvalue weighted by Crippen LogP contribution is 2.25. The highest BCUT2D eigenvalue weighted by atomic mass is 32.2. The van der Waals surface area contributed by atoms with Crippen molar-refractivity contribution in [2.75, 3.05) is 6.54 Å². The highest BCUT2D eigenvalue weighted by molar-refractivity contribution is 7.89. The summed E-state index contributed by atoms with van der Waals surface area (Å²) in [6.07, 6.45) is 2.71. The zero-order valence-electron chi connectivity index (χ0n) is 11.2. The van der Waals surface area contributed by atoms with Crippen LogP contribution in [0.25, 0.3) is 0 Å². The molecule has 0 saturated carbocycles. The number of benzene rings is 1. The van der Waals surface area contributed by atoms with Crippen LogP contribution < -0.4 is 5.14 Å². The van der Waals surface area contributed by atoms with Crippen molar-refractivity contribution < 1.29 is 16.8 Å². The molecule has 0 aliphatic carbocycles. The van der Waals surface area contributed by atoms with Gasteiger partial charge in [0, 0.05) is 12.6 Å². The maximum absolute atomic E-state index is 12.5. The van der Waals surface area contributed by atoms with Gasteiger partial charge in [0.25, 0.3) is 0 Å². The first-order chi connectivity index (χ1) is 9.23. The normalized spacial score (nSPS) is 21.8. The van der Waals surface area contributed by atoms with Gasteiger partial charge in [0.15, 0.2) is 0 Å². The van der Waals surface area contributed by atoms with Crippen molar-refractivity contribution in [3.8, 4) is 0 Å². The van der Waals surface area contributed by atoms with Gasteiger partial charge >= 0.3 is 0 Å². The van der Waals surface area contributed by atoms with Gasteiger partial charge in [-0.1, -0.05) is 6.42 Å². The number of rotatable bonds is 3. The lowest BCUT2D eigenvalue weighted by molar-refractivity contribution is 0.268. The average Bonchev–Trinajstić information content (AvgIpc) is 2.38. The number of piperidine rings is 1. The molecule has 0 bridgehead atoms. The van der Waals surface area contributed by atoms with Crippen molar-refractivity contribution in [2.24, 2.45) is 5.14 Å². The standard InChI is InChI=1S/C12H18N2O4S2/c1-10-4-2-3-9-14(10)20(17,18)12-7-5-11(6-8-12)19(13,15)16/h5-8,10H,2-4,9H2,1H3,(H2,13,15,16)/t10-/m0/s1. The maximum atomic E-state index is 12.5. The van der Waals surface area contributed by atoms with E-state index in [-0.39, 0.29) is 15.8 Å². The van der Waals surface area contributed by atoms with E-state index in [0.29, 0.717) is 6.54 Å². The molecule has 1 aliphatic heterocycles. The molecule has 6 nitrogen and oxygen atoms in total. The molecule has 0 aromatic heterocycles. The molecule has 20 heavy (non-hydrogen) atoms. The Morgan fingerprint density at radius 1 is 1.05 bits per heavy atom. The smallest absolute Gasteiger partial charge is 0.225 e. The Morgan fingerprint density at radius 3 is 2.10 bits per heavy atom. The van der Waals surface area contributed by atoms with E-state index in [9.17, 15) is 16.8 Å². The fourth-order valence-electron chi connectivity index (χ4n) is 2.37. The van der Waals surface area contributed by atoms with Crippen molar-refractivity contribution in [1.82, 2.24) is 4.31 Å². The minimum Gasteiger partial charge on any atom is -0.225 e. The van der Waals surface area contributed by atoms with Crippen LogP contribution in [-0.4, -0.2) is 33.7 Å². The summed E-state index contributed by atoms with van der Waals surface area (Å²) in [7, 11) is -7.38. The summed E-state index contributed by atoms with van der Waals surface area (Å²) < 4.78 is 48.8. The van der Waals surface area contributed by atoms with E-state index in [1.807, 2.05) is 6.92 Å². The lowest BCUT2D eigenvalue weighted by Crippen LogP contribution is -2.41. The highest BCUT2D eigenvalue weighted by Gasteiger charge is 2.30. The van der Waals surface area contributed by atoms with E-state index in [0.717, 1.165) is 19.3 Å². The summed E-state index contributed by atoms with van der Waals surface area (Å²) in [6.45, 7) is 2.38. The van der Waals surface area contributed by atoms with Gasteiger partial charge in [-0.05, 0) is 44.0 Å². The molecule has 8 heteroatoms. The molecule has 1 aromatic carbocycles. The van der Waals surface area contributed by atoms with Crippen LogP contribution in [0.1, 0.15) is 26.2 Å². The second-order valence-electron chi connectivity index (χ2n) is 4.98. The summed E-state index contributed by atoms with van der Waals surface area (Å²) in [5.74, 6) is 0. The van der Waals surface area contributed by atoms with Gasteiger partial charge in [-0.15, -0.1) is 0 Å². The summed E-state index contributed by atoms with van der Waals surface area (Å²) in [5, 5.41) is 4.99. The van der Waals surface area contributed by atoms with E-state index in [1.54, 1.807) is 0 Å². The van der Waals surface area contributed by atoms with E-state index in [2.05, 4.69) is 0 Å². The lowest BCUT2D eigenvalue weighted by Gasteiger charge is -2.32. The Bertz CT molecular complexity index is 681. The molecule has 112 valence electrons. The average molecular weight is 318 g/mol. The third-order valence-electron chi connectivity index (χ3n) is 3.50. The summed E-state index contributed by atoms with van der Waals surface area (Å²) in [5.41, 5.74) is 0. The molecule has 1 heterocycles. The van der Waals surface area contributed by atoms with Crippen LogP contribution >= 0.6 is 0 Å². The molecular weight excluding hydrogens is 300 g/mol. The molecule has 1 aliphatic rings. The van der Waals surface area contributed by atoms with Crippen LogP contribution in [0.5, 0.6) is 0 Å². The number of nitrogens with zero attached hydrogens (tertiary/aromatic N) is 1. The molecule has 0 unspecified atom stereocenters. The minimum atomic E-state index is -3.81. The van der Waals surface area contributed by atoms with Crippen molar-refractivity contribution in [3.63, 3.8) is 0 Å². The van der Waals surface area contributed by atoms with E-state index >= 15 is 0 Å². The Kier molecular flexibility index (Phi) is 4.19. The fraction of sp³-hybridized carbons (Fsp3) is 0.500. The third kappa shape index (κ3) is 3.03. The zero-order chi connectivity index (χ0) is 15.0. The molecule has 0 radical (unpaired) electrons. The van der Waals surface area contributed by atoms with Crippen molar-refractivity contribution in [2.45, 2.75) is 42.0 Å². The second kappa shape index (κ2) is 5.44. The molecule has 1 saturated heterocycles. The van der Waals surface area contributed by atoms with Crippen LogP contribution in [0.3, 0.4) is 0 Å². The molecule has 0 amide bonds. The lowest BCUT2D eigenvalue weighted by atomic mass is 10.1. The van der Waals surface area contributed by atoms with E-state index in [1.165, 1.54) is 28.6 Å². The molecule has 1 atom stereocenters. The Balaban J connectivity index is 2.35. The van der Waals surface area contributed by atoms with Gasteiger partial charge in [-0.25, -0.2) is 22.0 Å². The van der Waals surface area contributed by atoms with Gasteiger partial charge in [-0.2, -0.15) is 4.31 Å². The summed E-state index contributed by atoms with van der Waals surface area (Å²) in [6, 6.07) is 4.98. The number of hydrogen-bond donors (Lipinski definition) is 1. The number of sulfonamides is 2. The molecule has 2 rings (SSSR count). The van der Waals surface area contributed by atoms with Gasteiger partial charge < -0.3 is 0 Å². The Hall–Kier alpha value is -0.960. The number of hydrogen-bond acceptors (Lipinski definition) is 4.